The van der Waals surface area contributed by atoms with E-state index in [1.54, 1.807) is 18.2 Å². The monoisotopic (exact) mass is 492 g/mol. The summed E-state index contributed by atoms with van der Waals surface area (Å²) < 4.78 is 6.24. The molecule has 1 fully saturated rings. The molecule has 0 unspecified atom stereocenters. The van der Waals surface area contributed by atoms with Crippen molar-refractivity contribution >= 4 is 51.7 Å². The zero-order chi connectivity index (χ0) is 25.2. The molecule has 1 aliphatic heterocycles. The highest BCUT2D eigenvalue weighted by Crippen LogP contribution is 2.32. The van der Waals surface area contributed by atoms with E-state index < -0.39 is 11.8 Å². The second-order valence-electron chi connectivity index (χ2n) is 8.70. The first kappa shape index (κ1) is 23.5. The topological polar surface area (TPSA) is 58.6 Å². The first-order chi connectivity index (χ1) is 17.4. The molecular weight excluding hydrogens is 468 g/mol. The summed E-state index contributed by atoms with van der Waals surface area (Å²) in [4.78, 5) is 27.8. The lowest BCUT2D eigenvalue weighted by atomic mass is 9.99. The lowest BCUT2D eigenvalue weighted by molar-refractivity contribution is -0.122. The van der Waals surface area contributed by atoms with Crippen molar-refractivity contribution in [3.8, 4) is 5.75 Å². The van der Waals surface area contributed by atoms with Crippen LogP contribution < -0.4 is 15.0 Å². The van der Waals surface area contributed by atoms with E-state index in [2.05, 4.69) is 31.3 Å². The van der Waals surface area contributed by atoms with Gasteiger partial charge in [0.25, 0.3) is 11.8 Å². The number of carbonyl (C=O) groups excluding carboxylic acids is 2. The molecule has 4 aromatic carbocycles. The molecule has 0 bridgehead atoms. The van der Waals surface area contributed by atoms with Crippen molar-refractivity contribution in [3.63, 3.8) is 0 Å². The van der Waals surface area contributed by atoms with E-state index in [-0.39, 0.29) is 10.7 Å². The van der Waals surface area contributed by atoms with Crippen molar-refractivity contribution in [2.45, 2.75) is 20.5 Å². The molecule has 4 aromatic rings. The van der Waals surface area contributed by atoms with Crippen molar-refractivity contribution in [1.82, 2.24) is 5.32 Å². The molecule has 1 N–H and O–H groups in total. The first-order valence-electron chi connectivity index (χ1n) is 11.6. The number of amides is 2. The third kappa shape index (κ3) is 4.51. The summed E-state index contributed by atoms with van der Waals surface area (Å²) >= 11 is 5.32. The number of carbonyl (C=O) groups is 2. The number of hydrogen-bond acceptors (Lipinski definition) is 4. The summed E-state index contributed by atoms with van der Waals surface area (Å²) in [7, 11) is 0. The number of aryl methyl sites for hydroxylation is 2. The van der Waals surface area contributed by atoms with Gasteiger partial charge in [0.2, 0.25) is 0 Å². The van der Waals surface area contributed by atoms with E-state index in [4.69, 9.17) is 17.0 Å². The predicted molar refractivity (Wildman–Crippen MR) is 147 cm³/mol. The highest BCUT2D eigenvalue weighted by atomic mass is 32.1. The van der Waals surface area contributed by atoms with E-state index in [0.717, 1.165) is 16.3 Å². The Kier molecular flexibility index (Phi) is 6.36. The van der Waals surface area contributed by atoms with Gasteiger partial charge in [-0.15, -0.1) is 0 Å². The minimum atomic E-state index is -0.537. The first-order valence-corrected chi connectivity index (χ1v) is 12.0. The summed E-state index contributed by atoms with van der Waals surface area (Å²) in [5.41, 5.74) is 4.69. The lowest BCUT2D eigenvalue weighted by Crippen LogP contribution is -2.54. The average molecular weight is 493 g/mol. The molecule has 0 aliphatic carbocycles. The standard InChI is InChI=1S/C30H24N2O3S/c1-19-12-13-21(16-20(19)2)18-35-27-15-14-22-8-6-7-11-24(22)25(27)17-26-28(33)31-30(36)32(29(26)34)23-9-4-3-5-10-23/h3-17H,18H2,1-2H3,(H,31,33,36)/b26-17-. The molecule has 0 atom stereocenters. The molecular formula is C30H24N2O3S. The van der Waals surface area contributed by atoms with Gasteiger partial charge >= 0.3 is 0 Å². The van der Waals surface area contributed by atoms with Crippen LogP contribution in [0.5, 0.6) is 5.75 Å². The Morgan fingerprint density at radius 3 is 2.42 bits per heavy atom. The van der Waals surface area contributed by atoms with Gasteiger partial charge in [0.05, 0.1) is 5.69 Å². The number of rotatable bonds is 5. The molecule has 0 radical (unpaired) electrons. The third-order valence-corrected chi connectivity index (χ3v) is 6.59. The molecule has 0 spiro atoms. The fourth-order valence-electron chi connectivity index (χ4n) is 4.22. The van der Waals surface area contributed by atoms with E-state index in [0.29, 0.717) is 23.6 Å². The number of ether oxygens (including phenoxy) is 1. The van der Waals surface area contributed by atoms with Crippen molar-refractivity contribution < 1.29 is 14.3 Å². The number of benzene rings is 4. The van der Waals surface area contributed by atoms with Crippen LogP contribution in [-0.2, 0) is 16.2 Å². The van der Waals surface area contributed by atoms with Gasteiger partial charge in [-0.3, -0.25) is 19.8 Å². The third-order valence-electron chi connectivity index (χ3n) is 6.30. The average Bonchev–Trinajstić information content (AvgIpc) is 2.88. The molecule has 1 aliphatic rings. The predicted octanol–water partition coefficient (Wildman–Crippen LogP) is 5.87. The van der Waals surface area contributed by atoms with Gasteiger partial charge < -0.3 is 4.74 Å². The Balaban J connectivity index is 1.57. The number of nitrogens with zero attached hydrogens (tertiary/aromatic N) is 1. The minimum Gasteiger partial charge on any atom is -0.488 e. The second kappa shape index (κ2) is 9.76. The SMILES string of the molecule is Cc1ccc(COc2ccc3ccccc3c2/C=C2/C(=O)NC(=S)N(c3ccccc3)C2=O)cc1C. The highest BCUT2D eigenvalue weighted by molar-refractivity contribution is 7.80. The number of anilines is 1. The molecule has 1 heterocycles. The zero-order valence-electron chi connectivity index (χ0n) is 19.9. The minimum absolute atomic E-state index is 0.0140. The van der Waals surface area contributed by atoms with Crippen LogP contribution in [0.15, 0.2) is 90.5 Å². The molecule has 0 aromatic heterocycles. The Morgan fingerprint density at radius 2 is 1.64 bits per heavy atom. The molecule has 2 amide bonds. The van der Waals surface area contributed by atoms with Crippen LogP contribution in [0.25, 0.3) is 16.8 Å². The molecule has 5 nitrogen and oxygen atoms in total. The van der Waals surface area contributed by atoms with Gasteiger partial charge in [0.1, 0.15) is 17.9 Å². The maximum absolute atomic E-state index is 13.5. The van der Waals surface area contributed by atoms with Gasteiger partial charge in [-0.25, -0.2) is 0 Å². The Labute approximate surface area is 215 Å². The van der Waals surface area contributed by atoms with Gasteiger partial charge in [0, 0.05) is 5.56 Å². The summed E-state index contributed by atoms with van der Waals surface area (Å²) in [5.74, 6) is -0.437. The normalized spacial score (nSPS) is 14.9. The van der Waals surface area contributed by atoms with Crippen molar-refractivity contribution in [3.05, 3.63) is 113 Å². The highest BCUT2D eigenvalue weighted by Gasteiger charge is 2.34. The Morgan fingerprint density at radius 1 is 0.889 bits per heavy atom. The summed E-state index contributed by atoms with van der Waals surface area (Å²) in [6, 6.07) is 26.9. The van der Waals surface area contributed by atoms with Crippen LogP contribution in [0, 0.1) is 13.8 Å². The number of fused-ring (bicyclic) bond motifs is 1. The van der Waals surface area contributed by atoms with Gasteiger partial charge in [-0.2, -0.15) is 0 Å². The Bertz CT molecular complexity index is 1540. The zero-order valence-corrected chi connectivity index (χ0v) is 20.8. The lowest BCUT2D eigenvalue weighted by Gasteiger charge is -2.29. The molecule has 6 heteroatoms. The van der Waals surface area contributed by atoms with Gasteiger partial charge in [0.15, 0.2) is 5.11 Å². The van der Waals surface area contributed by atoms with Crippen LogP contribution in [0.2, 0.25) is 0 Å². The largest absolute Gasteiger partial charge is 0.488 e. The molecule has 1 saturated heterocycles. The van der Waals surface area contributed by atoms with Crippen LogP contribution >= 0.6 is 12.2 Å². The van der Waals surface area contributed by atoms with Crippen LogP contribution in [0.4, 0.5) is 5.69 Å². The number of hydrogen-bond donors (Lipinski definition) is 1. The fourth-order valence-corrected chi connectivity index (χ4v) is 4.50. The van der Waals surface area contributed by atoms with Crippen molar-refractivity contribution in [2.75, 3.05) is 4.90 Å². The van der Waals surface area contributed by atoms with Crippen molar-refractivity contribution in [1.29, 1.82) is 0 Å². The smallest absolute Gasteiger partial charge is 0.270 e. The summed E-state index contributed by atoms with van der Waals surface area (Å²) in [6.07, 6.45) is 1.60. The molecule has 36 heavy (non-hydrogen) atoms. The van der Waals surface area contributed by atoms with E-state index in [1.807, 2.05) is 60.7 Å². The maximum atomic E-state index is 13.5. The number of thiocarbonyl (C=S) groups is 1. The summed E-state index contributed by atoms with van der Waals surface area (Å²) in [6.45, 7) is 4.50. The Hall–Kier alpha value is -4.29. The van der Waals surface area contributed by atoms with Gasteiger partial charge in [-0.1, -0.05) is 66.7 Å². The quantitative estimate of drug-likeness (QED) is 0.215. The van der Waals surface area contributed by atoms with Crippen LogP contribution in [0.3, 0.4) is 0 Å². The van der Waals surface area contributed by atoms with E-state index in [1.165, 1.54) is 16.0 Å². The molecule has 178 valence electrons. The number of para-hydroxylation sites is 1. The fraction of sp³-hybridized carbons (Fsp3) is 0.100. The van der Waals surface area contributed by atoms with Crippen molar-refractivity contribution in [2.24, 2.45) is 0 Å². The summed E-state index contributed by atoms with van der Waals surface area (Å²) in [5, 5.41) is 4.56. The van der Waals surface area contributed by atoms with Gasteiger partial charge in [-0.05, 0) is 77.8 Å². The van der Waals surface area contributed by atoms with Crippen LogP contribution in [-0.4, -0.2) is 16.9 Å². The van der Waals surface area contributed by atoms with E-state index >= 15 is 0 Å². The van der Waals surface area contributed by atoms with E-state index in [9.17, 15) is 9.59 Å². The maximum Gasteiger partial charge on any atom is 0.270 e. The second-order valence-corrected chi connectivity index (χ2v) is 9.09. The molecule has 5 rings (SSSR count). The molecule has 0 saturated carbocycles. The van der Waals surface area contributed by atoms with Crippen LogP contribution in [0.1, 0.15) is 22.3 Å². The number of nitrogens with one attached hydrogen (secondary N) is 1.